The first-order valence-electron chi connectivity index (χ1n) is 9.42. The Hall–Kier alpha value is -3.36. The minimum atomic E-state index is -3.80. The molecule has 3 rings (SSSR count). The van der Waals surface area contributed by atoms with Gasteiger partial charge in [-0.3, -0.25) is 9.10 Å². The number of benzene rings is 3. The fourth-order valence-electron chi connectivity index (χ4n) is 2.84. The van der Waals surface area contributed by atoms with Gasteiger partial charge in [0.2, 0.25) is 0 Å². The number of rotatable bonds is 8. The lowest BCUT2D eigenvalue weighted by Crippen LogP contribution is -2.26. The van der Waals surface area contributed by atoms with Crippen LogP contribution in [0.25, 0.3) is 0 Å². The van der Waals surface area contributed by atoms with Gasteiger partial charge in [-0.15, -0.1) is 0 Å². The van der Waals surface area contributed by atoms with Crippen LogP contribution in [-0.2, 0) is 14.8 Å². The molecule has 0 N–H and O–H groups in total. The Morgan fingerprint density at radius 1 is 0.938 bits per heavy atom. The van der Waals surface area contributed by atoms with E-state index in [0.29, 0.717) is 11.4 Å². The van der Waals surface area contributed by atoms with Crippen molar-refractivity contribution in [2.24, 2.45) is 0 Å². The Labute approximate surface area is 191 Å². The van der Waals surface area contributed by atoms with E-state index in [-0.39, 0.29) is 21.0 Å². The fourth-order valence-corrected chi connectivity index (χ4v) is 4.29. The van der Waals surface area contributed by atoms with Crippen molar-refractivity contribution in [2.45, 2.75) is 4.90 Å². The first kappa shape index (κ1) is 23.3. The van der Waals surface area contributed by atoms with Gasteiger partial charge in [0.15, 0.2) is 12.4 Å². The Bertz CT molecular complexity index is 1230. The molecular weight excluding hydrogens is 454 g/mol. The maximum absolute atomic E-state index is 12.8. The van der Waals surface area contributed by atoms with Crippen LogP contribution in [0.4, 0.5) is 5.69 Å². The Morgan fingerprint density at radius 3 is 2.16 bits per heavy atom. The molecule has 0 aliphatic heterocycles. The number of carbonyl (C=O) groups is 2. The van der Waals surface area contributed by atoms with Crippen molar-refractivity contribution >= 4 is 39.1 Å². The van der Waals surface area contributed by atoms with Gasteiger partial charge in [-0.1, -0.05) is 29.8 Å². The molecule has 0 aromatic heterocycles. The number of anilines is 1. The van der Waals surface area contributed by atoms with Crippen LogP contribution >= 0.6 is 11.6 Å². The van der Waals surface area contributed by atoms with E-state index in [2.05, 4.69) is 0 Å². The average Bonchev–Trinajstić information content (AvgIpc) is 2.82. The summed E-state index contributed by atoms with van der Waals surface area (Å²) in [5.41, 5.74) is 0.897. The minimum absolute atomic E-state index is 0.0179. The molecule has 0 aliphatic carbocycles. The van der Waals surface area contributed by atoms with Gasteiger partial charge in [-0.25, -0.2) is 13.2 Å². The molecule has 0 heterocycles. The van der Waals surface area contributed by atoms with Crippen LogP contribution in [-0.4, -0.2) is 40.9 Å². The molecule has 166 valence electrons. The lowest BCUT2D eigenvalue weighted by molar-refractivity contribution is 0.0474. The first-order valence-corrected chi connectivity index (χ1v) is 11.2. The summed E-state index contributed by atoms with van der Waals surface area (Å²) in [4.78, 5) is 24.6. The summed E-state index contributed by atoms with van der Waals surface area (Å²) < 4.78 is 36.9. The average molecular weight is 474 g/mol. The van der Waals surface area contributed by atoms with Crippen molar-refractivity contribution in [3.63, 3.8) is 0 Å². The number of para-hydroxylation sites is 1. The predicted molar refractivity (Wildman–Crippen MR) is 121 cm³/mol. The number of Topliss-reactive ketones (excluding diaryl/α,β-unsaturated/α-hetero) is 1. The SMILES string of the molecule is COc1ccc(C(=O)COC(=O)c2ccc(S(=O)(=O)N(C)c3ccccc3)cc2)cc1Cl. The third kappa shape index (κ3) is 5.09. The standard InChI is InChI=1S/C23H20ClNO6S/c1-25(18-6-4-3-5-7-18)32(28,29)19-11-8-16(9-12-19)23(27)31-15-21(26)17-10-13-22(30-2)20(24)14-17/h3-14H,15H2,1-2H3. The largest absolute Gasteiger partial charge is 0.495 e. The second-order valence-electron chi connectivity index (χ2n) is 6.68. The molecule has 0 amide bonds. The van der Waals surface area contributed by atoms with Gasteiger partial charge in [-0.2, -0.15) is 0 Å². The molecule has 7 nitrogen and oxygen atoms in total. The number of halogens is 1. The maximum atomic E-state index is 12.8. The van der Waals surface area contributed by atoms with Gasteiger partial charge >= 0.3 is 5.97 Å². The van der Waals surface area contributed by atoms with Gasteiger partial charge in [0, 0.05) is 12.6 Å². The van der Waals surface area contributed by atoms with Crippen molar-refractivity contribution in [2.75, 3.05) is 25.1 Å². The molecule has 0 aliphatic rings. The van der Waals surface area contributed by atoms with Crippen molar-refractivity contribution in [3.8, 4) is 5.75 Å². The quantitative estimate of drug-likeness (QED) is 0.359. The highest BCUT2D eigenvalue weighted by molar-refractivity contribution is 7.92. The Balaban J connectivity index is 1.66. The Kier molecular flexibility index (Phi) is 7.17. The summed E-state index contributed by atoms with van der Waals surface area (Å²) in [6.45, 7) is -0.488. The first-order chi connectivity index (χ1) is 15.2. The number of sulfonamides is 1. The third-order valence-corrected chi connectivity index (χ3v) is 6.77. The molecule has 0 saturated carbocycles. The van der Waals surface area contributed by atoms with Crippen LogP contribution in [0.2, 0.25) is 5.02 Å². The van der Waals surface area contributed by atoms with Crippen molar-refractivity contribution in [1.29, 1.82) is 0 Å². The second-order valence-corrected chi connectivity index (χ2v) is 9.06. The molecule has 0 atom stereocenters. The zero-order valence-electron chi connectivity index (χ0n) is 17.3. The van der Waals surface area contributed by atoms with Gasteiger partial charge in [-0.05, 0) is 54.6 Å². The molecule has 3 aromatic rings. The van der Waals surface area contributed by atoms with Gasteiger partial charge in [0.1, 0.15) is 5.75 Å². The van der Waals surface area contributed by atoms with E-state index < -0.39 is 28.4 Å². The highest BCUT2D eigenvalue weighted by Crippen LogP contribution is 2.25. The summed E-state index contributed by atoms with van der Waals surface area (Å²) in [6, 6.07) is 18.4. The Morgan fingerprint density at radius 2 is 1.56 bits per heavy atom. The summed E-state index contributed by atoms with van der Waals surface area (Å²) in [6.07, 6.45) is 0. The zero-order chi connectivity index (χ0) is 23.3. The van der Waals surface area contributed by atoms with Crippen LogP contribution in [0.15, 0.2) is 77.7 Å². The molecule has 0 unspecified atom stereocenters. The zero-order valence-corrected chi connectivity index (χ0v) is 18.9. The van der Waals surface area contributed by atoms with Crippen molar-refractivity contribution in [3.05, 3.63) is 88.9 Å². The monoisotopic (exact) mass is 473 g/mol. The highest BCUT2D eigenvalue weighted by Gasteiger charge is 2.22. The summed E-state index contributed by atoms with van der Waals surface area (Å²) in [5.74, 6) is -0.766. The molecule has 32 heavy (non-hydrogen) atoms. The van der Waals surface area contributed by atoms with Crippen LogP contribution in [0, 0.1) is 0 Å². The van der Waals surface area contributed by atoms with Gasteiger partial charge in [0.25, 0.3) is 10.0 Å². The van der Waals surface area contributed by atoms with E-state index in [9.17, 15) is 18.0 Å². The molecule has 0 radical (unpaired) electrons. The molecule has 0 bridgehead atoms. The van der Waals surface area contributed by atoms with Crippen LogP contribution < -0.4 is 9.04 Å². The fraction of sp³-hybridized carbons (Fsp3) is 0.130. The third-order valence-electron chi connectivity index (χ3n) is 4.68. The number of hydrogen-bond acceptors (Lipinski definition) is 6. The number of ketones is 1. The number of carbonyl (C=O) groups excluding carboxylic acids is 2. The second kappa shape index (κ2) is 9.84. The van der Waals surface area contributed by atoms with Gasteiger partial charge < -0.3 is 9.47 Å². The topological polar surface area (TPSA) is 90.0 Å². The number of methoxy groups -OCH3 is 1. The van der Waals surface area contributed by atoms with Gasteiger partial charge in [0.05, 0.1) is 28.3 Å². The molecular formula is C23H20ClNO6S. The smallest absolute Gasteiger partial charge is 0.338 e. The molecule has 0 spiro atoms. The van der Waals surface area contributed by atoms with E-state index in [1.807, 2.05) is 0 Å². The minimum Gasteiger partial charge on any atom is -0.495 e. The lowest BCUT2D eigenvalue weighted by Gasteiger charge is -2.19. The molecule has 0 saturated heterocycles. The molecule has 0 fully saturated rings. The number of hydrogen-bond donors (Lipinski definition) is 0. The van der Waals surface area contributed by atoms with E-state index in [4.69, 9.17) is 21.1 Å². The molecule has 9 heteroatoms. The summed E-state index contributed by atoms with van der Waals surface area (Å²) in [7, 11) is -0.894. The summed E-state index contributed by atoms with van der Waals surface area (Å²) in [5, 5.41) is 0.266. The maximum Gasteiger partial charge on any atom is 0.338 e. The molecule has 3 aromatic carbocycles. The van der Waals surface area contributed by atoms with E-state index >= 15 is 0 Å². The van der Waals surface area contributed by atoms with E-state index in [1.54, 1.807) is 36.4 Å². The lowest BCUT2D eigenvalue weighted by atomic mass is 10.1. The summed E-state index contributed by atoms with van der Waals surface area (Å²) >= 11 is 6.01. The van der Waals surface area contributed by atoms with Crippen LogP contribution in [0.5, 0.6) is 5.75 Å². The van der Waals surface area contributed by atoms with Crippen LogP contribution in [0.1, 0.15) is 20.7 Å². The predicted octanol–water partition coefficient (Wildman–Crippen LogP) is 4.21. The van der Waals surface area contributed by atoms with Crippen molar-refractivity contribution < 1.29 is 27.5 Å². The van der Waals surface area contributed by atoms with Crippen LogP contribution in [0.3, 0.4) is 0 Å². The van der Waals surface area contributed by atoms with E-state index in [1.165, 1.54) is 50.6 Å². The normalized spacial score (nSPS) is 11.0. The highest BCUT2D eigenvalue weighted by atomic mass is 35.5. The van der Waals surface area contributed by atoms with Crippen molar-refractivity contribution in [1.82, 2.24) is 0 Å². The number of ether oxygens (including phenoxy) is 2. The van der Waals surface area contributed by atoms with E-state index in [0.717, 1.165) is 4.31 Å². The number of nitrogens with zero attached hydrogens (tertiary/aromatic N) is 1. The number of esters is 1.